The number of aromatic nitrogens is 4. The van der Waals surface area contributed by atoms with Crippen LogP contribution in [0.25, 0.3) is 82.8 Å². The van der Waals surface area contributed by atoms with Gasteiger partial charge in [0.15, 0.2) is 0 Å². The van der Waals surface area contributed by atoms with Crippen LogP contribution < -0.4 is 0 Å². The van der Waals surface area contributed by atoms with Crippen LogP contribution in [0.4, 0.5) is 0 Å². The number of hydrogen-bond donors (Lipinski definition) is 0. The van der Waals surface area contributed by atoms with Crippen molar-refractivity contribution in [2.45, 2.75) is 0 Å². The van der Waals surface area contributed by atoms with Gasteiger partial charge < -0.3 is 14.4 Å². The SMILES string of the molecule is [Ir].[c-]1ccc2c(oc3c2ccc2c3nc3c4ccccc4c4ccccc4n23)c1-c1ccccn1.[c-]1ccccc1-c1ccccn1. The maximum Gasteiger partial charge on any atom is 0.148 e. The molecule has 0 saturated heterocycles. The molecule has 5 aromatic heterocycles. The van der Waals surface area contributed by atoms with Crippen LogP contribution in [0.5, 0.6) is 0 Å². The van der Waals surface area contributed by atoms with Crippen LogP contribution in [-0.2, 0) is 20.1 Å². The molecule has 0 aliphatic rings. The first kappa shape index (κ1) is 28.8. The first-order valence-corrected chi connectivity index (χ1v) is 15.1. The maximum absolute atomic E-state index is 6.56. The second kappa shape index (κ2) is 11.9. The van der Waals surface area contributed by atoms with Crippen molar-refractivity contribution in [2.24, 2.45) is 0 Å². The van der Waals surface area contributed by atoms with Gasteiger partial charge in [0.05, 0.1) is 16.6 Å². The first-order valence-electron chi connectivity index (χ1n) is 15.1. The Morgan fingerprint density at radius 2 is 1.21 bits per heavy atom. The second-order valence-electron chi connectivity index (χ2n) is 11.0. The van der Waals surface area contributed by atoms with Crippen molar-refractivity contribution in [3.05, 3.63) is 158 Å². The van der Waals surface area contributed by atoms with Gasteiger partial charge in [0.25, 0.3) is 0 Å². The Bertz CT molecular complexity index is 2650. The molecule has 0 aliphatic heterocycles. The topological polar surface area (TPSA) is 56.2 Å². The van der Waals surface area contributed by atoms with E-state index in [4.69, 9.17) is 9.40 Å². The smallest absolute Gasteiger partial charge is 0.148 e. The number of fused-ring (bicyclic) bond motifs is 12. The van der Waals surface area contributed by atoms with Crippen molar-refractivity contribution in [3.63, 3.8) is 0 Å². The summed E-state index contributed by atoms with van der Waals surface area (Å²) in [5.74, 6) is 0. The van der Waals surface area contributed by atoms with Crippen molar-refractivity contribution >= 4 is 60.3 Å². The third kappa shape index (κ3) is 4.78. The number of imidazole rings is 1. The van der Waals surface area contributed by atoms with Gasteiger partial charge in [-0.1, -0.05) is 77.7 Å². The van der Waals surface area contributed by atoms with Gasteiger partial charge in [-0.3, -0.25) is 4.40 Å². The molecular weight excluding hydrogens is 757 g/mol. The van der Waals surface area contributed by atoms with E-state index in [2.05, 4.69) is 93.2 Å². The van der Waals surface area contributed by atoms with Crippen LogP contribution in [0.3, 0.4) is 0 Å². The molecule has 0 bridgehead atoms. The summed E-state index contributed by atoms with van der Waals surface area (Å²) >= 11 is 0. The Kier molecular flexibility index (Phi) is 7.30. The minimum absolute atomic E-state index is 0. The molecule has 0 aliphatic carbocycles. The van der Waals surface area contributed by atoms with E-state index in [1.807, 2.05) is 66.7 Å². The predicted molar refractivity (Wildman–Crippen MR) is 186 cm³/mol. The molecule has 0 spiro atoms. The molecule has 6 heteroatoms. The molecule has 10 aromatic rings. The van der Waals surface area contributed by atoms with Crippen molar-refractivity contribution < 1.29 is 24.5 Å². The summed E-state index contributed by atoms with van der Waals surface area (Å²) in [4.78, 5) is 13.9. The fourth-order valence-electron chi connectivity index (χ4n) is 6.35. The summed E-state index contributed by atoms with van der Waals surface area (Å²) in [6.07, 6.45) is 3.58. The van der Waals surface area contributed by atoms with E-state index < -0.39 is 0 Å². The number of pyridine rings is 3. The zero-order chi connectivity index (χ0) is 30.5. The number of nitrogens with zero attached hydrogens (tertiary/aromatic N) is 4. The summed E-state index contributed by atoms with van der Waals surface area (Å²) < 4.78 is 8.81. The molecule has 0 saturated carbocycles. The van der Waals surface area contributed by atoms with E-state index in [0.717, 1.165) is 72.0 Å². The zero-order valence-electron chi connectivity index (χ0n) is 24.9. The summed E-state index contributed by atoms with van der Waals surface area (Å²) in [6.45, 7) is 0. The standard InChI is InChI=1S/C30H16N3O.C11H8N.Ir/c1-2-10-22-18(8-1)19-9-3-4-14-25(19)33-26-16-15-21-20-11-7-12-23(24-13-5-6-17-31-24)28(20)34-29(21)27(26)32-30(22)33;1-2-6-10(7-3-1)11-8-4-5-9-12-11;/h1-11,13-17H;1-6,8-9H;/q2*-1;. The number of benzene rings is 5. The Labute approximate surface area is 283 Å². The molecule has 5 aromatic carbocycles. The minimum atomic E-state index is 0. The van der Waals surface area contributed by atoms with Crippen LogP contribution in [0, 0.1) is 12.1 Å². The monoisotopic (exact) mass is 781 g/mol. The van der Waals surface area contributed by atoms with Gasteiger partial charge in [0, 0.05) is 48.7 Å². The number of furan rings is 1. The Morgan fingerprint density at radius 3 is 1.98 bits per heavy atom. The Balaban J connectivity index is 0.000000212. The quantitative estimate of drug-likeness (QED) is 0.130. The van der Waals surface area contributed by atoms with Gasteiger partial charge in [-0.25, -0.2) is 4.98 Å². The fraction of sp³-hybridized carbons (Fsp3) is 0. The van der Waals surface area contributed by atoms with Crippen LogP contribution >= 0.6 is 0 Å². The van der Waals surface area contributed by atoms with Gasteiger partial charge >= 0.3 is 0 Å². The molecule has 0 N–H and O–H groups in total. The number of para-hydroxylation sites is 1. The van der Waals surface area contributed by atoms with Crippen LogP contribution in [0.15, 0.2) is 150 Å². The number of rotatable bonds is 2. The third-order valence-corrected chi connectivity index (χ3v) is 8.40. The van der Waals surface area contributed by atoms with Gasteiger partial charge in [-0.15, -0.1) is 54.1 Å². The molecule has 1 radical (unpaired) electrons. The summed E-state index contributed by atoms with van der Waals surface area (Å²) in [5, 5.41) is 5.63. The van der Waals surface area contributed by atoms with Crippen molar-refractivity contribution in [2.75, 3.05) is 0 Å². The normalized spacial score (nSPS) is 11.2. The van der Waals surface area contributed by atoms with E-state index in [9.17, 15) is 0 Å². The fourth-order valence-corrected chi connectivity index (χ4v) is 6.35. The van der Waals surface area contributed by atoms with Gasteiger partial charge in [-0.2, -0.15) is 0 Å². The van der Waals surface area contributed by atoms with Crippen LogP contribution in [-0.4, -0.2) is 19.4 Å². The van der Waals surface area contributed by atoms with E-state index in [-0.39, 0.29) is 20.1 Å². The van der Waals surface area contributed by atoms with Gasteiger partial charge in [0.2, 0.25) is 0 Å². The summed E-state index contributed by atoms with van der Waals surface area (Å²) in [6, 6.07) is 51.3. The molecule has 0 unspecified atom stereocenters. The first-order chi connectivity index (χ1) is 22.8. The van der Waals surface area contributed by atoms with Gasteiger partial charge in [-0.05, 0) is 47.1 Å². The average Bonchev–Trinajstić information content (AvgIpc) is 3.73. The molecular formula is C41H24IrN4O-2. The average molecular weight is 781 g/mol. The largest absolute Gasteiger partial charge is 0.498 e. The molecule has 10 rings (SSSR count). The van der Waals surface area contributed by atoms with E-state index in [1.54, 1.807) is 12.4 Å². The minimum Gasteiger partial charge on any atom is -0.498 e. The number of hydrogen-bond acceptors (Lipinski definition) is 4. The Morgan fingerprint density at radius 1 is 0.511 bits per heavy atom. The Hall–Kier alpha value is -5.68. The summed E-state index contributed by atoms with van der Waals surface area (Å²) in [5.41, 5.74) is 9.27. The maximum atomic E-state index is 6.56. The molecule has 5 nitrogen and oxygen atoms in total. The van der Waals surface area contributed by atoms with Gasteiger partial charge in [0.1, 0.15) is 16.7 Å². The molecule has 0 amide bonds. The molecule has 0 fully saturated rings. The van der Waals surface area contributed by atoms with Crippen LogP contribution in [0.2, 0.25) is 0 Å². The predicted octanol–water partition coefficient (Wildman–Crippen LogP) is 10.1. The van der Waals surface area contributed by atoms with E-state index >= 15 is 0 Å². The van der Waals surface area contributed by atoms with E-state index in [1.165, 1.54) is 10.8 Å². The molecule has 0 atom stereocenters. The molecule has 5 heterocycles. The van der Waals surface area contributed by atoms with Crippen molar-refractivity contribution in [1.82, 2.24) is 19.4 Å². The molecule has 47 heavy (non-hydrogen) atoms. The van der Waals surface area contributed by atoms with Crippen LogP contribution in [0.1, 0.15) is 0 Å². The summed E-state index contributed by atoms with van der Waals surface area (Å²) in [7, 11) is 0. The second-order valence-corrected chi connectivity index (χ2v) is 11.0. The molecule has 225 valence electrons. The zero-order valence-corrected chi connectivity index (χ0v) is 27.3. The van der Waals surface area contributed by atoms with Crippen molar-refractivity contribution in [1.29, 1.82) is 0 Å². The third-order valence-electron chi connectivity index (χ3n) is 8.40. The van der Waals surface area contributed by atoms with E-state index in [0.29, 0.717) is 0 Å². The van der Waals surface area contributed by atoms with Crippen molar-refractivity contribution in [3.8, 4) is 22.5 Å².